The quantitative estimate of drug-likeness (QED) is 0.398. The molecule has 25 heavy (non-hydrogen) atoms. The molecule has 0 saturated carbocycles. The second-order valence-electron chi connectivity index (χ2n) is 6.33. The van der Waals surface area contributed by atoms with Gasteiger partial charge in [-0.15, -0.1) is 0 Å². The molecule has 2 aliphatic heterocycles. The Balaban J connectivity index is 1.22. The minimum atomic E-state index is 0.939. The lowest BCUT2D eigenvalue weighted by molar-refractivity contribution is 1.25. The SMILES string of the molecule is c1cc(Sc2ccc(CSCC3CS3)cc2)ccc1CSCC1CS1. The zero-order valence-corrected chi connectivity index (χ0v) is 18.1. The molecule has 2 unspecified atom stereocenters. The van der Waals surface area contributed by atoms with Crippen LogP contribution in [0.4, 0.5) is 0 Å². The van der Waals surface area contributed by atoms with Gasteiger partial charge in [0.05, 0.1) is 0 Å². The lowest BCUT2D eigenvalue weighted by Crippen LogP contribution is -1.89. The fraction of sp³-hybridized carbons (Fsp3) is 0.400. The Hall–Kier alpha value is 0.190. The second-order valence-corrected chi connectivity index (χ2v) is 12.2. The molecule has 0 aliphatic carbocycles. The smallest absolute Gasteiger partial charge is 0.0229 e. The summed E-state index contributed by atoms with van der Waals surface area (Å²) in [5.74, 6) is 7.66. The molecule has 2 atom stereocenters. The zero-order valence-electron chi connectivity index (χ0n) is 14.1. The van der Waals surface area contributed by atoms with Crippen molar-refractivity contribution in [1.82, 2.24) is 0 Å². The third kappa shape index (κ3) is 6.69. The van der Waals surface area contributed by atoms with Crippen LogP contribution in [-0.4, -0.2) is 33.5 Å². The van der Waals surface area contributed by atoms with Crippen LogP contribution < -0.4 is 0 Å². The van der Waals surface area contributed by atoms with Crippen molar-refractivity contribution in [1.29, 1.82) is 0 Å². The van der Waals surface area contributed by atoms with E-state index in [4.69, 9.17) is 0 Å². The fourth-order valence-corrected chi connectivity index (χ4v) is 7.21. The average Bonchev–Trinajstić information content (AvgIpc) is 3.53. The topological polar surface area (TPSA) is 0 Å². The van der Waals surface area contributed by atoms with Crippen LogP contribution in [0.25, 0.3) is 0 Å². The van der Waals surface area contributed by atoms with Crippen LogP contribution in [-0.2, 0) is 11.5 Å². The van der Waals surface area contributed by atoms with Crippen molar-refractivity contribution >= 4 is 58.8 Å². The van der Waals surface area contributed by atoms with Crippen molar-refractivity contribution in [3.63, 3.8) is 0 Å². The Bertz CT molecular complexity index is 600. The Kier molecular flexibility index (Phi) is 6.98. The summed E-state index contributed by atoms with van der Waals surface area (Å²) < 4.78 is 0. The van der Waals surface area contributed by atoms with E-state index >= 15 is 0 Å². The van der Waals surface area contributed by atoms with Crippen molar-refractivity contribution in [2.45, 2.75) is 31.8 Å². The number of hydrogen-bond donors (Lipinski definition) is 0. The van der Waals surface area contributed by atoms with Crippen LogP contribution in [0, 0.1) is 0 Å². The van der Waals surface area contributed by atoms with E-state index < -0.39 is 0 Å². The van der Waals surface area contributed by atoms with Gasteiger partial charge in [0.1, 0.15) is 0 Å². The van der Waals surface area contributed by atoms with Crippen LogP contribution in [0.3, 0.4) is 0 Å². The van der Waals surface area contributed by atoms with E-state index in [-0.39, 0.29) is 0 Å². The fourth-order valence-electron chi connectivity index (χ4n) is 2.39. The van der Waals surface area contributed by atoms with Gasteiger partial charge in [0.25, 0.3) is 0 Å². The third-order valence-corrected chi connectivity index (χ3v) is 9.76. The maximum atomic E-state index is 2.29. The van der Waals surface area contributed by atoms with Crippen LogP contribution >= 0.6 is 58.8 Å². The third-order valence-electron chi connectivity index (χ3n) is 4.03. The molecule has 0 spiro atoms. The van der Waals surface area contributed by atoms with E-state index in [1.54, 1.807) is 0 Å². The molecule has 0 nitrogen and oxygen atoms in total. The van der Waals surface area contributed by atoms with Crippen molar-refractivity contribution in [2.75, 3.05) is 23.0 Å². The van der Waals surface area contributed by atoms with Gasteiger partial charge in [0.15, 0.2) is 0 Å². The Morgan fingerprint density at radius 2 is 1.08 bits per heavy atom. The van der Waals surface area contributed by atoms with Gasteiger partial charge in [0.2, 0.25) is 0 Å². The summed E-state index contributed by atoms with van der Waals surface area (Å²) in [4.78, 5) is 2.67. The van der Waals surface area contributed by atoms with Gasteiger partial charge in [-0.1, -0.05) is 36.0 Å². The Morgan fingerprint density at radius 3 is 1.44 bits per heavy atom. The molecular weight excluding hydrogens is 401 g/mol. The van der Waals surface area contributed by atoms with Gasteiger partial charge >= 0.3 is 0 Å². The summed E-state index contributed by atoms with van der Waals surface area (Å²) >= 11 is 10.2. The molecule has 0 radical (unpaired) electrons. The highest BCUT2D eigenvalue weighted by molar-refractivity contribution is 8.09. The number of rotatable bonds is 10. The largest absolute Gasteiger partial charge is 0.156 e. The monoisotopic (exact) mass is 422 g/mol. The second kappa shape index (κ2) is 9.41. The van der Waals surface area contributed by atoms with Gasteiger partial charge in [-0.3, -0.25) is 0 Å². The molecule has 0 bridgehead atoms. The Labute approximate surface area is 172 Å². The predicted octanol–water partition coefficient (Wildman–Crippen LogP) is 6.54. The molecule has 4 rings (SSSR count). The molecule has 0 aromatic heterocycles. The van der Waals surface area contributed by atoms with Crippen molar-refractivity contribution in [3.8, 4) is 0 Å². The van der Waals surface area contributed by atoms with E-state index in [1.807, 2.05) is 11.8 Å². The summed E-state index contributed by atoms with van der Waals surface area (Å²) in [6, 6.07) is 18.2. The molecule has 2 saturated heterocycles. The summed E-state index contributed by atoms with van der Waals surface area (Å²) in [6.07, 6.45) is 0. The number of thioether (sulfide) groups is 4. The lowest BCUT2D eigenvalue weighted by atomic mass is 10.2. The van der Waals surface area contributed by atoms with Crippen LogP contribution in [0.2, 0.25) is 0 Å². The van der Waals surface area contributed by atoms with Gasteiger partial charge in [-0.2, -0.15) is 47.0 Å². The van der Waals surface area contributed by atoms with Gasteiger partial charge in [0, 0.05) is 54.8 Å². The molecular formula is C20H22S5. The number of benzene rings is 2. The van der Waals surface area contributed by atoms with E-state index in [0.29, 0.717) is 0 Å². The summed E-state index contributed by atoms with van der Waals surface area (Å²) in [7, 11) is 0. The van der Waals surface area contributed by atoms with E-state index in [1.165, 1.54) is 43.9 Å². The molecule has 2 aromatic carbocycles. The Morgan fingerprint density at radius 1 is 0.680 bits per heavy atom. The van der Waals surface area contributed by atoms with Crippen LogP contribution in [0.15, 0.2) is 58.3 Å². The average molecular weight is 423 g/mol. The lowest BCUT2D eigenvalue weighted by Gasteiger charge is -2.06. The van der Waals surface area contributed by atoms with Gasteiger partial charge in [-0.25, -0.2) is 0 Å². The van der Waals surface area contributed by atoms with Crippen LogP contribution in [0.1, 0.15) is 11.1 Å². The van der Waals surface area contributed by atoms with Gasteiger partial charge in [-0.05, 0) is 35.4 Å². The first-order chi connectivity index (χ1) is 12.3. The molecule has 0 amide bonds. The molecule has 2 fully saturated rings. The molecule has 2 aromatic rings. The minimum Gasteiger partial charge on any atom is -0.156 e. The normalized spacial score (nSPS) is 21.3. The van der Waals surface area contributed by atoms with Crippen molar-refractivity contribution in [3.05, 3.63) is 59.7 Å². The maximum absolute atomic E-state index is 2.29. The number of hydrogen-bond acceptors (Lipinski definition) is 5. The zero-order chi connectivity index (χ0) is 16.9. The summed E-state index contributed by atoms with van der Waals surface area (Å²) in [5.41, 5.74) is 2.89. The first-order valence-electron chi connectivity index (χ1n) is 8.59. The summed E-state index contributed by atoms with van der Waals surface area (Å²) in [6.45, 7) is 0. The van der Waals surface area contributed by atoms with Crippen molar-refractivity contribution < 1.29 is 0 Å². The first kappa shape index (κ1) is 18.5. The van der Waals surface area contributed by atoms with E-state index in [9.17, 15) is 0 Å². The first-order valence-corrected chi connectivity index (χ1v) is 13.8. The highest BCUT2D eigenvalue weighted by Crippen LogP contribution is 2.35. The van der Waals surface area contributed by atoms with Crippen LogP contribution in [0.5, 0.6) is 0 Å². The highest BCUT2D eigenvalue weighted by Gasteiger charge is 2.22. The molecule has 5 heteroatoms. The predicted molar refractivity (Wildman–Crippen MR) is 122 cm³/mol. The molecule has 2 heterocycles. The highest BCUT2D eigenvalue weighted by atomic mass is 32.2. The minimum absolute atomic E-state index is 0.939. The van der Waals surface area contributed by atoms with E-state index in [2.05, 4.69) is 95.6 Å². The summed E-state index contributed by atoms with van der Waals surface area (Å²) in [5, 5.41) is 1.88. The molecule has 132 valence electrons. The molecule has 2 aliphatic rings. The molecule has 0 N–H and O–H groups in total. The van der Waals surface area contributed by atoms with Gasteiger partial charge < -0.3 is 0 Å². The maximum Gasteiger partial charge on any atom is 0.0229 e. The van der Waals surface area contributed by atoms with E-state index in [0.717, 1.165) is 22.0 Å². The van der Waals surface area contributed by atoms with Crippen molar-refractivity contribution in [2.24, 2.45) is 0 Å². The standard InChI is InChI=1S/C20H22S5/c1-5-17(6-2-15(1)9-21-11-19-13-23-19)25-18-7-3-16(4-8-18)10-22-12-20-14-24-20/h1-8,19-20H,9-14H2.